The van der Waals surface area contributed by atoms with E-state index in [1.165, 1.54) is 7.11 Å². The van der Waals surface area contributed by atoms with Crippen molar-refractivity contribution in [3.63, 3.8) is 0 Å². The van der Waals surface area contributed by atoms with Crippen LogP contribution in [-0.4, -0.2) is 38.9 Å². The second-order valence-corrected chi connectivity index (χ2v) is 5.63. The van der Waals surface area contributed by atoms with Gasteiger partial charge in [0.1, 0.15) is 0 Å². The molecule has 0 unspecified atom stereocenters. The summed E-state index contributed by atoms with van der Waals surface area (Å²) in [7, 11) is 4.65. The Kier molecular flexibility index (Phi) is 4.60. The third-order valence-corrected chi connectivity index (χ3v) is 4.40. The minimum atomic E-state index is -0.329. The highest BCUT2D eigenvalue weighted by molar-refractivity contribution is 5.70. The zero-order chi connectivity index (χ0) is 17.1. The average molecular weight is 327 g/mol. The van der Waals surface area contributed by atoms with Gasteiger partial charge in [0, 0.05) is 6.54 Å². The molecule has 0 bridgehead atoms. The predicted molar refractivity (Wildman–Crippen MR) is 90.6 cm³/mol. The maximum atomic E-state index is 12.3. The van der Waals surface area contributed by atoms with Crippen LogP contribution in [0.5, 0.6) is 11.5 Å². The van der Waals surface area contributed by atoms with Crippen LogP contribution < -0.4 is 9.47 Å². The second-order valence-electron chi connectivity index (χ2n) is 5.63. The molecule has 5 heteroatoms. The summed E-state index contributed by atoms with van der Waals surface area (Å²) in [6, 6.07) is 13.7. The highest BCUT2D eigenvalue weighted by Crippen LogP contribution is 2.41. The minimum absolute atomic E-state index is 0.206. The average Bonchev–Trinajstić information content (AvgIpc) is 2.65. The fraction of sp³-hybridized carbons (Fsp3) is 0.316. The first-order valence-corrected chi connectivity index (χ1v) is 7.84. The van der Waals surface area contributed by atoms with Crippen LogP contribution in [0.3, 0.4) is 0 Å². The van der Waals surface area contributed by atoms with Gasteiger partial charge in [0.25, 0.3) is 0 Å². The molecule has 1 atom stereocenters. The summed E-state index contributed by atoms with van der Waals surface area (Å²) >= 11 is 0. The van der Waals surface area contributed by atoms with Crippen LogP contribution in [0.25, 0.3) is 0 Å². The van der Waals surface area contributed by atoms with E-state index >= 15 is 0 Å². The van der Waals surface area contributed by atoms with Crippen LogP contribution in [-0.2, 0) is 11.2 Å². The first kappa shape index (κ1) is 16.2. The lowest BCUT2D eigenvalue weighted by atomic mass is 9.88. The highest BCUT2D eigenvalue weighted by Gasteiger charge is 2.33. The van der Waals surface area contributed by atoms with E-state index < -0.39 is 0 Å². The fourth-order valence-electron chi connectivity index (χ4n) is 3.25. The van der Waals surface area contributed by atoms with Crippen molar-refractivity contribution in [3.8, 4) is 11.5 Å². The molecule has 24 heavy (non-hydrogen) atoms. The molecule has 1 aliphatic heterocycles. The van der Waals surface area contributed by atoms with Crippen molar-refractivity contribution >= 4 is 6.09 Å². The Morgan fingerprint density at radius 2 is 1.71 bits per heavy atom. The van der Waals surface area contributed by atoms with Crippen LogP contribution in [0.4, 0.5) is 4.79 Å². The Morgan fingerprint density at radius 3 is 2.33 bits per heavy atom. The number of carbonyl (C=O) groups is 1. The summed E-state index contributed by atoms with van der Waals surface area (Å²) in [5.74, 6) is 1.36. The van der Waals surface area contributed by atoms with Crippen LogP contribution in [0.2, 0.25) is 0 Å². The number of hydrogen-bond acceptors (Lipinski definition) is 4. The van der Waals surface area contributed by atoms with E-state index in [4.69, 9.17) is 14.2 Å². The third-order valence-electron chi connectivity index (χ3n) is 4.40. The van der Waals surface area contributed by atoms with Crippen LogP contribution >= 0.6 is 0 Å². The molecule has 0 aromatic heterocycles. The number of rotatable bonds is 3. The second kappa shape index (κ2) is 6.83. The van der Waals surface area contributed by atoms with Crippen LogP contribution in [0.1, 0.15) is 22.7 Å². The Balaban J connectivity index is 2.15. The van der Waals surface area contributed by atoms with Crippen molar-refractivity contribution in [2.24, 2.45) is 0 Å². The Morgan fingerprint density at radius 1 is 1.04 bits per heavy atom. The molecule has 0 aliphatic carbocycles. The first-order chi connectivity index (χ1) is 11.7. The Bertz CT molecular complexity index is 730. The van der Waals surface area contributed by atoms with Gasteiger partial charge in [-0.1, -0.05) is 30.3 Å². The summed E-state index contributed by atoms with van der Waals surface area (Å²) in [4.78, 5) is 14.0. The van der Waals surface area contributed by atoms with Crippen molar-refractivity contribution in [1.82, 2.24) is 4.90 Å². The molecular formula is C19H21NO4. The number of fused-ring (bicyclic) bond motifs is 1. The van der Waals surface area contributed by atoms with Crippen molar-refractivity contribution in [2.75, 3.05) is 27.9 Å². The predicted octanol–water partition coefficient (Wildman–Crippen LogP) is 3.42. The highest BCUT2D eigenvalue weighted by atomic mass is 16.5. The summed E-state index contributed by atoms with van der Waals surface area (Å²) < 4.78 is 15.8. The smallest absolute Gasteiger partial charge is 0.410 e. The van der Waals surface area contributed by atoms with E-state index in [0.29, 0.717) is 18.0 Å². The van der Waals surface area contributed by atoms with E-state index in [0.717, 1.165) is 23.1 Å². The Labute approximate surface area is 141 Å². The maximum Gasteiger partial charge on any atom is 0.410 e. The minimum Gasteiger partial charge on any atom is -0.493 e. The number of amides is 1. The van der Waals surface area contributed by atoms with E-state index in [1.54, 1.807) is 19.1 Å². The standard InChI is InChI=1S/C19H21NO4/c1-22-16-11-14-9-10-20(19(21)24-3)18(13-7-5-4-6-8-13)15(14)12-17(16)23-2/h4-8,11-12,18H,9-10H2,1-3H3/t18-/m0/s1. The number of methoxy groups -OCH3 is 3. The lowest BCUT2D eigenvalue weighted by Crippen LogP contribution is -2.40. The van der Waals surface area contributed by atoms with Crippen LogP contribution in [0, 0.1) is 0 Å². The molecule has 0 saturated carbocycles. The van der Waals surface area contributed by atoms with E-state index in [2.05, 4.69) is 0 Å². The molecule has 1 aliphatic rings. The Hall–Kier alpha value is -2.69. The van der Waals surface area contributed by atoms with Gasteiger partial charge in [-0.05, 0) is 35.2 Å². The molecule has 2 aromatic rings. The monoisotopic (exact) mass is 327 g/mol. The van der Waals surface area contributed by atoms with Gasteiger partial charge in [-0.25, -0.2) is 4.79 Å². The molecule has 0 saturated heterocycles. The van der Waals surface area contributed by atoms with Gasteiger partial charge in [0.15, 0.2) is 11.5 Å². The van der Waals surface area contributed by atoms with Gasteiger partial charge in [-0.15, -0.1) is 0 Å². The van der Waals surface area contributed by atoms with Crippen molar-refractivity contribution < 1.29 is 19.0 Å². The summed E-state index contributed by atoms with van der Waals surface area (Å²) in [6.45, 7) is 0.592. The number of hydrogen-bond donors (Lipinski definition) is 0. The van der Waals surface area contributed by atoms with Crippen molar-refractivity contribution in [1.29, 1.82) is 0 Å². The van der Waals surface area contributed by atoms with Gasteiger partial charge in [0.2, 0.25) is 0 Å². The zero-order valence-electron chi connectivity index (χ0n) is 14.1. The summed E-state index contributed by atoms with van der Waals surface area (Å²) in [6.07, 6.45) is 0.415. The molecule has 2 aromatic carbocycles. The topological polar surface area (TPSA) is 48.0 Å². The van der Waals surface area contributed by atoms with Gasteiger partial charge < -0.3 is 14.2 Å². The molecule has 1 amide bonds. The zero-order valence-corrected chi connectivity index (χ0v) is 14.1. The molecule has 3 rings (SSSR count). The van der Waals surface area contributed by atoms with E-state index in [1.807, 2.05) is 42.5 Å². The molecule has 1 heterocycles. The SMILES string of the molecule is COC(=O)N1CCc2cc(OC)c(OC)cc2[C@@H]1c1ccccc1. The molecule has 126 valence electrons. The van der Waals surface area contributed by atoms with Gasteiger partial charge in [-0.3, -0.25) is 4.90 Å². The van der Waals surface area contributed by atoms with E-state index in [9.17, 15) is 4.79 Å². The van der Waals surface area contributed by atoms with Crippen LogP contribution in [0.15, 0.2) is 42.5 Å². The normalized spacial score (nSPS) is 16.3. The molecule has 0 radical (unpaired) electrons. The van der Waals surface area contributed by atoms with Crippen molar-refractivity contribution in [3.05, 3.63) is 59.2 Å². The summed E-state index contributed by atoms with van der Waals surface area (Å²) in [5, 5.41) is 0. The lowest BCUT2D eigenvalue weighted by molar-refractivity contribution is 0.109. The molecule has 0 N–H and O–H groups in total. The first-order valence-electron chi connectivity index (χ1n) is 7.84. The largest absolute Gasteiger partial charge is 0.493 e. The fourth-order valence-corrected chi connectivity index (χ4v) is 3.25. The lowest BCUT2D eigenvalue weighted by Gasteiger charge is -2.37. The molecule has 5 nitrogen and oxygen atoms in total. The summed E-state index contributed by atoms with van der Waals surface area (Å²) in [5.41, 5.74) is 3.23. The number of ether oxygens (including phenoxy) is 3. The van der Waals surface area contributed by atoms with Crippen molar-refractivity contribution in [2.45, 2.75) is 12.5 Å². The number of benzene rings is 2. The quantitative estimate of drug-likeness (QED) is 0.867. The third kappa shape index (κ3) is 2.77. The number of nitrogens with zero attached hydrogens (tertiary/aromatic N) is 1. The van der Waals surface area contributed by atoms with Gasteiger partial charge >= 0.3 is 6.09 Å². The number of carbonyl (C=O) groups excluding carboxylic acids is 1. The maximum absolute atomic E-state index is 12.3. The van der Waals surface area contributed by atoms with Gasteiger partial charge in [-0.2, -0.15) is 0 Å². The van der Waals surface area contributed by atoms with Gasteiger partial charge in [0.05, 0.1) is 27.4 Å². The van der Waals surface area contributed by atoms with E-state index in [-0.39, 0.29) is 12.1 Å². The molecular weight excluding hydrogens is 306 g/mol. The molecule has 0 fully saturated rings. The molecule has 0 spiro atoms.